The van der Waals surface area contributed by atoms with Crippen LogP contribution >= 0.6 is 0 Å². The molecule has 3 heterocycles. The van der Waals surface area contributed by atoms with Crippen LogP contribution in [0.1, 0.15) is 35.9 Å². The van der Waals surface area contributed by atoms with Crippen LogP contribution in [0.25, 0.3) is 0 Å². The summed E-state index contributed by atoms with van der Waals surface area (Å²) < 4.78 is 5.41. The fourth-order valence-electron chi connectivity index (χ4n) is 2.60. The van der Waals surface area contributed by atoms with Crippen LogP contribution in [-0.4, -0.2) is 21.6 Å². The number of likely N-dealkylation sites (tertiary alicyclic amines) is 1. The number of hydrogen-bond donors (Lipinski definition) is 0. The van der Waals surface area contributed by atoms with Crippen LogP contribution < -0.4 is 0 Å². The van der Waals surface area contributed by atoms with Crippen LogP contribution in [0.4, 0.5) is 0 Å². The van der Waals surface area contributed by atoms with Crippen molar-refractivity contribution < 1.29 is 4.52 Å². The Morgan fingerprint density at radius 3 is 3.17 bits per heavy atom. The van der Waals surface area contributed by atoms with Crippen molar-refractivity contribution in [2.24, 2.45) is 0 Å². The Bertz CT molecular complexity index is 509. The third-order valence-corrected chi connectivity index (χ3v) is 3.45. The molecule has 4 nitrogen and oxygen atoms in total. The minimum Gasteiger partial charge on any atom is -0.359 e. The number of hydrogen-bond acceptors (Lipinski definition) is 4. The first-order chi connectivity index (χ1) is 8.83. The van der Waals surface area contributed by atoms with Gasteiger partial charge in [-0.2, -0.15) is 0 Å². The Morgan fingerprint density at radius 1 is 1.50 bits per heavy atom. The zero-order chi connectivity index (χ0) is 12.4. The van der Waals surface area contributed by atoms with Crippen molar-refractivity contribution >= 4 is 0 Å². The van der Waals surface area contributed by atoms with E-state index in [1.807, 2.05) is 31.5 Å². The second-order valence-corrected chi connectivity index (χ2v) is 4.86. The highest BCUT2D eigenvalue weighted by atomic mass is 16.5. The van der Waals surface area contributed by atoms with Gasteiger partial charge in [0.25, 0.3) is 0 Å². The van der Waals surface area contributed by atoms with Crippen molar-refractivity contribution in [3.8, 4) is 0 Å². The zero-order valence-electron chi connectivity index (χ0n) is 10.5. The molecule has 0 amide bonds. The molecule has 0 bridgehead atoms. The molecule has 0 saturated carbocycles. The maximum Gasteiger partial charge on any atom is 0.154 e. The molecule has 0 N–H and O–H groups in total. The fourth-order valence-corrected chi connectivity index (χ4v) is 2.60. The van der Waals surface area contributed by atoms with Crippen molar-refractivity contribution in [3.05, 3.63) is 47.6 Å². The molecule has 94 valence electrons. The fraction of sp³-hybridized carbons (Fsp3) is 0.429. The Hall–Kier alpha value is -1.68. The molecule has 1 saturated heterocycles. The molecule has 0 aliphatic carbocycles. The second kappa shape index (κ2) is 4.90. The predicted octanol–water partition coefficient (Wildman–Crippen LogP) is 2.72. The monoisotopic (exact) mass is 243 g/mol. The lowest BCUT2D eigenvalue weighted by Crippen LogP contribution is -2.22. The number of aromatic nitrogens is 2. The SMILES string of the molecule is Cc1cc([C@@H]2CCCN2Cc2cccnc2)on1. The topological polar surface area (TPSA) is 42.2 Å². The van der Waals surface area contributed by atoms with Gasteiger partial charge in [-0.3, -0.25) is 9.88 Å². The minimum absolute atomic E-state index is 0.367. The molecule has 2 aromatic heterocycles. The summed E-state index contributed by atoms with van der Waals surface area (Å²) in [5, 5.41) is 3.99. The van der Waals surface area contributed by atoms with Gasteiger partial charge < -0.3 is 4.52 Å². The van der Waals surface area contributed by atoms with Gasteiger partial charge in [0.05, 0.1) is 11.7 Å². The molecule has 18 heavy (non-hydrogen) atoms. The number of aryl methyl sites for hydroxylation is 1. The molecule has 0 unspecified atom stereocenters. The van der Waals surface area contributed by atoms with Crippen molar-refractivity contribution in [2.75, 3.05) is 6.54 Å². The average molecular weight is 243 g/mol. The Kier molecular flexibility index (Phi) is 3.11. The normalized spacial score (nSPS) is 20.4. The molecular formula is C14H17N3O. The van der Waals surface area contributed by atoms with E-state index in [-0.39, 0.29) is 0 Å². The van der Waals surface area contributed by atoms with Crippen molar-refractivity contribution in [2.45, 2.75) is 32.4 Å². The second-order valence-electron chi connectivity index (χ2n) is 4.86. The van der Waals surface area contributed by atoms with Gasteiger partial charge in [0.2, 0.25) is 0 Å². The van der Waals surface area contributed by atoms with Crippen LogP contribution in [0.15, 0.2) is 35.1 Å². The van der Waals surface area contributed by atoms with E-state index in [2.05, 4.69) is 21.1 Å². The maximum atomic E-state index is 5.41. The summed E-state index contributed by atoms with van der Waals surface area (Å²) in [5.74, 6) is 0.994. The lowest BCUT2D eigenvalue weighted by atomic mass is 10.1. The van der Waals surface area contributed by atoms with Crippen LogP contribution in [0.2, 0.25) is 0 Å². The molecule has 3 rings (SSSR count). The lowest BCUT2D eigenvalue weighted by molar-refractivity contribution is 0.206. The molecule has 1 aliphatic heterocycles. The van der Waals surface area contributed by atoms with E-state index in [1.54, 1.807) is 0 Å². The third-order valence-electron chi connectivity index (χ3n) is 3.45. The average Bonchev–Trinajstić information content (AvgIpc) is 2.99. The Labute approximate surface area is 107 Å². The number of pyridine rings is 1. The van der Waals surface area contributed by atoms with Crippen LogP contribution in [0, 0.1) is 6.92 Å². The molecule has 0 aromatic carbocycles. The highest BCUT2D eigenvalue weighted by Gasteiger charge is 2.28. The van der Waals surface area contributed by atoms with Gasteiger partial charge in [-0.25, -0.2) is 0 Å². The molecule has 0 spiro atoms. The largest absolute Gasteiger partial charge is 0.359 e. The molecule has 1 fully saturated rings. The summed E-state index contributed by atoms with van der Waals surface area (Å²) in [6.45, 7) is 4.00. The van der Waals surface area contributed by atoms with Gasteiger partial charge >= 0.3 is 0 Å². The van der Waals surface area contributed by atoms with E-state index >= 15 is 0 Å². The predicted molar refractivity (Wildman–Crippen MR) is 67.9 cm³/mol. The summed E-state index contributed by atoms with van der Waals surface area (Å²) in [7, 11) is 0. The summed E-state index contributed by atoms with van der Waals surface area (Å²) in [6.07, 6.45) is 6.10. The van der Waals surface area contributed by atoms with Gasteiger partial charge in [-0.15, -0.1) is 0 Å². The highest BCUT2D eigenvalue weighted by molar-refractivity contribution is 5.13. The van der Waals surface area contributed by atoms with Crippen molar-refractivity contribution in [1.29, 1.82) is 0 Å². The Morgan fingerprint density at radius 2 is 2.44 bits per heavy atom. The number of nitrogens with zero attached hydrogens (tertiary/aromatic N) is 3. The quantitative estimate of drug-likeness (QED) is 0.831. The van der Waals surface area contributed by atoms with Crippen molar-refractivity contribution in [3.63, 3.8) is 0 Å². The van der Waals surface area contributed by atoms with E-state index in [4.69, 9.17) is 4.52 Å². The third kappa shape index (κ3) is 2.29. The summed E-state index contributed by atoms with van der Waals surface area (Å²) in [4.78, 5) is 6.61. The van der Waals surface area contributed by atoms with Crippen LogP contribution in [0.3, 0.4) is 0 Å². The first-order valence-electron chi connectivity index (χ1n) is 6.39. The highest BCUT2D eigenvalue weighted by Crippen LogP contribution is 2.33. The number of rotatable bonds is 3. The minimum atomic E-state index is 0.367. The van der Waals surface area contributed by atoms with Gasteiger partial charge in [-0.1, -0.05) is 11.2 Å². The van der Waals surface area contributed by atoms with E-state index in [1.165, 1.54) is 12.0 Å². The molecule has 4 heteroatoms. The zero-order valence-corrected chi connectivity index (χ0v) is 10.5. The smallest absolute Gasteiger partial charge is 0.154 e. The summed E-state index contributed by atoms with van der Waals surface area (Å²) in [6, 6.07) is 6.52. The summed E-state index contributed by atoms with van der Waals surface area (Å²) >= 11 is 0. The molecule has 0 radical (unpaired) electrons. The van der Waals surface area contributed by atoms with E-state index in [0.717, 1.165) is 31.0 Å². The standard InChI is InChI=1S/C14H17N3O/c1-11-8-14(18-16-11)13-5-3-7-17(13)10-12-4-2-6-15-9-12/h2,4,6,8-9,13H,3,5,7,10H2,1H3/t13-/m0/s1. The first kappa shape index (κ1) is 11.4. The maximum absolute atomic E-state index is 5.41. The summed E-state index contributed by atoms with van der Waals surface area (Å²) in [5.41, 5.74) is 2.21. The van der Waals surface area contributed by atoms with Crippen LogP contribution in [0.5, 0.6) is 0 Å². The molecule has 1 atom stereocenters. The van der Waals surface area contributed by atoms with Crippen molar-refractivity contribution in [1.82, 2.24) is 15.0 Å². The first-order valence-corrected chi connectivity index (χ1v) is 6.39. The molecule has 2 aromatic rings. The van der Waals surface area contributed by atoms with E-state index in [0.29, 0.717) is 6.04 Å². The van der Waals surface area contributed by atoms with Gasteiger partial charge in [-0.05, 0) is 37.9 Å². The molecule has 1 aliphatic rings. The van der Waals surface area contributed by atoms with E-state index < -0.39 is 0 Å². The van der Waals surface area contributed by atoms with Gasteiger partial charge in [0.1, 0.15) is 0 Å². The molecular weight excluding hydrogens is 226 g/mol. The van der Waals surface area contributed by atoms with Gasteiger partial charge in [0, 0.05) is 25.0 Å². The van der Waals surface area contributed by atoms with Gasteiger partial charge in [0.15, 0.2) is 5.76 Å². The Balaban J connectivity index is 1.75. The van der Waals surface area contributed by atoms with E-state index in [9.17, 15) is 0 Å². The lowest BCUT2D eigenvalue weighted by Gasteiger charge is -2.21. The van der Waals surface area contributed by atoms with Crippen LogP contribution in [-0.2, 0) is 6.54 Å².